The van der Waals surface area contributed by atoms with Gasteiger partial charge in [-0.25, -0.2) is 9.97 Å². The van der Waals surface area contributed by atoms with Gasteiger partial charge >= 0.3 is 6.18 Å². The Morgan fingerprint density at radius 2 is 2.00 bits per heavy atom. The highest BCUT2D eigenvalue weighted by Gasteiger charge is 2.30. The number of hydrogen-bond acceptors (Lipinski definition) is 7. The predicted molar refractivity (Wildman–Crippen MR) is 114 cm³/mol. The van der Waals surface area contributed by atoms with Gasteiger partial charge in [-0.1, -0.05) is 0 Å². The number of likely N-dealkylation sites (tertiary alicyclic amines) is 1. The van der Waals surface area contributed by atoms with E-state index in [4.69, 9.17) is 5.73 Å². The number of aromatic nitrogens is 2. The molecule has 166 valence electrons. The van der Waals surface area contributed by atoms with Crippen molar-refractivity contribution >= 4 is 27.4 Å². The molecule has 1 atom stereocenters. The maximum absolute atomic E-state index is 12.7. The van der Waals surface area contributed by atoms with Crippen LogP contribution >= 0.6 is 11.3 Å². The minimum Gasteiger partial charge on any atom is -0.367 e. The fourth-order valence-corrected chi connectivity index (χ4v) is 5.38. The Morgan fingerprint density at radius 1 is 1.27 bits per heavy atom. The van der Waals surface area contributed by atoms with Gasteiger partial charge in [0.2, 0.25) is 0 Å². The Bertz CT molecular complexity index is 843. The van der Waals surface area contributed by atoms with Crippen LogP contribution in [0.1, 0.15) is 37.5 Å². The fourth-order valence-electron chi connectivity index (χ4n) is 4.35. The van der Waals surface area contributed by atoms with Crippen LogP contribution in [0.3, 0.4) is 0 Å². The van der Waals surface area contributed by atoms with Gasteiger partial charge in [0.25, 0.3) is 0 Å². The highest BCUT2D eigenvalue weighted by atomic mass is 32.1. The molecule has 3 heterocycles. The zero-order valence-corrected chi connectivity index (χ0v) is 17.9. The lowest BCUT2D eigenvalue weighted by molar-refractivity contribution is -0.126. The molecule has 1 saturated heterocycles. The highest BCUT2D eigenvalue weighted by Crippen LogP contribution is 2.33. The van der Waals surface area contributed by atoms with Crippen LogP contribution in [0.5, 0.6) is 0 Å². The topological polar surface area (TPSA) is 79.1 Å². The van der Waals surface area contributed by atoms with Gasteiger partial charge in [0.05, 0.1) is 18.0 Å². The molecule has 6 nitrogen and oxygen atoms in total. The van der Waals surface area contributed by atoms with Crippen molar-refractivity contribution in [3.63, 3.8) is 0 Å². The average molecular weight is 443 g/mol. The van der Waals surface area contributed by atoms with Gasteiger partial charge in [-0.15, -0.1) is 11.3 Å². The van der Waals surface area contributed by atoms with E-state index in [1.54, 1.807) is 6.07 Å². The molecule has 0 spiro atoms. The van der Waals surface area contributed by atoms with Crippen molar-refractivity contribution in [3.8, 4) is 0 Å². The first kappa shape index (κ1) is 21.7. The number of nitrogens with two attached hydrogens (primary N) is 1. The summed E-state index contributed by atoms with van der Waals surface area (Å²) in [6.07, 6.45) is 0.769. The SMILES string of the molecule is CC(NCC1CC(N)C1)N1CCC(Nc2ncnc3sc(CC(F)(F)F)cc23)CC1. The van der Waals surface area contributed by atoms with Gasteiger partial charge in [0.1, 0.15) is 17.0 Å². The molecule has 2 aromatic heterocycles. The Morgan fingerprint density at radius 3 is 2.67 bits per heavy atom. The molecule has 4 N–H and O–H groups in total. The van der Waals surface area contributed by atoms with Crippen molar-refractivity contribution in [1.82, 2.24) is 20.2 Å². The minimum absolute atomic E-state index is 0.252. The smallest absolute Gasteiger partial charge is 0.367 e. The fraction of sp³-hybridized carbons (Fsp3) is 0.700. The number of thiophene rings is 1. The molecule has 1 aliphatic heterocycles. The number of fused-ring (bicyclic) bond motifs is 1. The van der Waals surface area contributed by atoms with Crippen molar-refractivity contribution in [2.24, 2.45) is 11.7 Å². The lowest BCUT2D eigenvalue weighted by Gasteiger charge is -2.39. The number of halogens is 3. The Kier molecular flexibility index (Phi) is 6.47. The summed E-state index contributed by atoms with van der Waals surface area (Å²) < 4.78 is 38.2. The van der Waals surface area contributed by atoms with Crippen LogP contribution in [0, 0.1) is 5.92 Å². The second kappa shape index (κ2) is 8.94. The maximum atomic E-state index is 12.7. The highest BCUT2D eigenvalue weighted by molar-refractivity contribution is 7.18. The second-order valence-electron chi connectivity index (χ2n) is 8.58. The van der Waals surface area contributed by atoms with E-state index in [1.165, 1.54) is 6.33 Å². The number of alkyl halides is 3. The molecule has 0 radical (unpaired) electrons. The van der Waals surface area contributed by atoms with E-state index in [1.807, 2.05) is 0 Å². The Balaban J connectivity index is 1.30. The minimum atomic E-state index is -4.22. The van der Waals surface area contributed by atoms with Gasteiger partial charge in [-0.05, 0) is 51.1 Å². The maximum Gasteiger partial charge on any atom is 0.393 e. The molecular weight excluding hydrogens is 413 g/mol. The number of piperidine rings is 1. The lowest BCUT2D eigenvalue weighted by Crippen LogP contribution is -2.51. The second-order valence-corrected chi connectivity index (χ2v) is 9.70. The molecule has 0 amide bonds. The van der Waals surface area contributed by atoms with Crippen LogP contribution in [0.15, 0.2) is 12.4 Å². The first-order chi connectivity index (χ1) is 14.3. The van der Waals surface area contributed by atoms with Crippen LogP contribution in [-0.4, -0.2) is 58.9 Å². The van der Waals surface area contributed by atoms with E-state index in [0.29, 0.717) is 34.2 Å². The van der Waals surface area contributed by atoms with Crippen LogP contribution in [0.4, 0.5) is 19.0 Å². The van der Waals surface area contributed by atoms with Gasteiger partial charge in [0.15, 0.2) is 0 Å². The lowest BCUT2D eigenvalue weighted by atomic mass is 9.81. The summed E-state index contributed by atoms with van der Waals surface area (Å²) in [4.78, 5) is 11.8. The molecular formula is C20H29F3N6S. The van der Waals surface area contributed by atoms with E-state index < -0.39 is 12.6 Å². The van der Waals surface area contributed by atoms with Crippen LogP contribution in [0.25, 0.3) is 10.2 Å². The predicted octanol–water partition coefficient (Wildman–Crippen LogP) is 3.35. The Hall–Kier alpha value is -1.49. The average Bonchev–Trinajstić information content (AvgIpc) is 3.06. The number of hydrogen-bond donors (Lipinski definition) is 3. The third kappa shape index (κ3) is 5.40. The van der Waals surface area contributed by atoms with E-state index in [9.17, 15) is 13.2 Å². The summed E-state index contributed by atoms with van der Waals surface area (Å²) in [6, 6.07) is 2.21. The van der Waals surface area contributed by atoms with Crippen molar-refractivity contribution < 1.29 is 13.2 Å². The normalized spacial score (nSPS) is 24.7. The molecule has 1 saturated carbocycles. The zero-order chi connectivity index (χ0) is 21.3. The van der Waals surface area contributed by atoms with Crippen molar-refractivity contribution in [2.45, 2.75) is 63.5 Å². The number of rotatable bonds is 7. The molecule has 0 aromatic carbocycles. The first-order valence-corrected chi connectivity index (χ1v) is 11.4. The van der Waals surface area contributed by atoms with E-state index in [2.05, 4.69) is 32.4 Å². The van der Waals surface area contributed by atoms with Crippen LogP contribution in [-0.2, 0) is 6.42 Å². The quantitative estimate of drug-likeness (QED) is 0.610. The third-order valence-electron chi connectivity index (χ3n) is 6.15. The van der Waals surface area contributed by atoms with Crippen molar-refractivity contribution in [3.05, 3.63) is 17.3 Å². The largest absolute Gasteiger partial charge is 0.393 e. The molecule has 2 aromatic rings. The Labute approximate surface area is 178 Å². The monoisotopic (exact) mass is 442 g/mol. The summed E-state index contributed by atoms with van der Waals surface area (Å²) >= 11 is 1.08. The molecule has 4 rings (SSSR count). The summed E-state index contributed by atoms with van der Waals surface area (Å²) in [5, 5.41) is 7.75. The number of nitrogens with zero attached hydrogens (tertiary/aromatic N) is 3. The van der Waals surface area contributed by atoms with Crippen LogP contribution < -0.4 is 16.4 Å². The standard InChI is InChI=1S/C20H29F3N6S/c1-12(25-10-13-6-14(24)7-13)29-4-2-15(3-5-29)28-18-17-8-16(9-20(21,22)23)30-19(17)27-11-26-18/h8,11-15,25H,2-7,9-10,24H2,1H3,(H,26,27,28). The molecule has 2 aliphatic rings. The summed E-state index contributed by atoms with van der Waals surface area (Å²) in [5.74, 6) is 1.34. The van der Waals surface area contributed by atoms with E-state index >= 15 is 0 Å². The first-order valence-electron chi connectivity index (χ1n) is 10.6. The van der Waals surface area contributed by atoms with Crippen LogP contribution in [0.2, 0.25) is 0 Å². The zero-order valence-electron chi connectivity index (χ0n) is 17.1. The molecule has 2 fully saturated rings. The molecule has 1 aliphatic carbocycles. The van der Waals surface area contributed by atoms with E-state index in [0.717, 1.165) is 56.7 Å². The molecule has 1 unspecified atom stereocenters. The molecule has 0 bridgehead atoms. The summed E-state index contributed by atoms with van der Waals surface area (Å²) in [5.41, 5.74) is 5.86. The number of nitrogens with one attached hydrogen (secondary N) is 2. The summed E-state index contributed by atoms with van der Waals surface area (Å²) in [6.45, 7) is 5.15. The summed E-state index contributed by atoms with van der Waals surface area (Å²) in [7, 11) is 0. The van der Waals surface area contributed by atoms with E-state index in [-0.39, 0.29) is 10.9 Å². The van der Waals surface area contributed by atoms with Crippen molar-refractivity contribution in [2.75, 3.05) is 25.0 Å². The van der Waals surface area contributed by atoms with Crippen molar-refractivity contribution in [1.29, 1.82) is 0 Å². The van der Waals surface area contributed by atoms with Gasteiger partial charge < -0.3 is 16.4 Å². The molecule has 10 heteroatoms. The third-order valence-corrected chi connectivity index (χ3v) is 7.19. The number of anilines is 1. The van der Waals surface area contributed by atoms with Gasteiger partial charge in [-0.3, -0.25) is 4.90 Å². The van der Waals surface area contributed by atoms with Gasteiger partial charge in [-0.2, -0.15) is 13.2 Å². The van der Waals surface area contributed by atoms with Gasteiger partial charge in [0, 0.05) is 30.1 Å². The molecule has 30 heavy (non-hydrogen) atoms.